The Hall–Kier alpha value is -1.20. The van der Waals surface area contributed by atoms with Crippen LogP contribution in [0.15, 0.2) is 12.2 Å². The average molecular weight is 310 g/mol. The van der Waals surface area contributed by atoms with Gasteiger partial charge in [0.25, 0.3) is 0 Å². The van der Waals surface area contributed by atoms with Crippen LogP contribution in [0.1, 0.15) is 47.0 Å². The third-order valence-electron chi connectivity index (χ3n) is 4.75. The first-order valence-corrected chi connectivity index (χ1v) is 7.96. The van der Waals surface area contributed by atoms with Gasteiger partial charge < -0.3 is 21.0 Å². The molecule has 5 heteroatoms. The smallest absolute Gasteiger partial charge is 0.305 e. The number of nitrogens with one attached hydrogen (secondary N) is 1. The molecule has 3 unspecified atom stereocenters. The maximum Gasteiger partial charge on any atom is 0.305 e. The molecule has 5 nitrogen and oxygen atoms in total. The minimum Gasteiger partial charge on any atom is -0.481 e. The van der Waals surface area contributed by atoms with Gasteiger partial charge in [0.1, 0.15) is 6.29 Å². The molecule has 1 aliphatic carbocycles. The summed E-state index contributed by atoms with van der Waals surface area (Å²) in [7, 11) is 0. The molecule has 0 amide bonds. The van der Waals surface area contributed by atoms with Gasteiger partial charge in [-0.15, -0.1) is 0 Å². The van der Waals surface area contributed by atoms with Gasteiger partial charge in [0.05, 0.1) is 12.5 Å². The maximum atomic E-state index is 10.9. The number of carboxylic acid groups (broad SMARTS) is 1. The summed E-state index contributed by atoms with van der Waals surface area (Å²) in [4.78, 5) is 21.5. The number of hydrogen-bond acceptors (Lipinski definition) is 4. The summed E-state index contributed by atoms with van der Waals surface area (Å²) in [5.41, 5.74) is 5.92. The van der Waals surface area contributed by atoms with Gasteiger partial charge in [0.15, 0.2) is 0 Å². The molecule has 1 aliphatic rings. The molecule has 0 bridgehead atoms. The highest BCUT2D eigenvalue weighted by molar-refractivity contribution is 5.73. The SMILES string of the molecule is CC1CCC(C)(C)C1C=CC(C)(N)CN[C@H](C=O)CC(=O)O. The van der Waals surface area contributed by atoms with Crippen LogP contribution in [0.5, 0.6) is 0 Å². The van der Waals surface area contributed by atoms with Gasteiger partial charge >= 0.3 is 5.97 Å². The van der Waals surface area contributed by atoms with E-state index in [9.17, 15) is 9.59 Å². The Balaban J connectivity index is 2.60. The fourth-order valence-electron chi connectivity index (χ4n) is 3.26. The number of rotatable bonds is 8. The standard InChI is InChI=1S/C17H30N2O3/c1-12-5-7-16(2,3)14(12)6-8-17(4,18)11-19-13(10-20)9-15(21)22/h6,8,10,12-14,19H,5,7,9,11,18H2,1-4H3,(H,21,22)/t12?,13-,14?,17?/m0/s1. The number of nitrogens with two attached hydrogens (primary N) is 1. The molecule has 4 N–H and O–H groups in total. The molecular formula is C17H30N2O3. The molecule has 0 radical (unpaired) electrons. The number of carbonyl (C=O) groups is 2. The third kappa shape index (κ3) is 5.54. The van der Waals surface area contributed by atoms with E-state index < -0.39 is 17.6 Å². The van der Waals surface area contributed by atoms with Crippen LogP contribution in [-0.2, 0) is 9.59 Å². The van der Waals surface area contributed by atoms with Crippen molar-refractivity contribution in [2.24, 2.45) is 23.0 Å². The zero-order chi connectivity index (χ0) is 17.0. The summed E-state index contributed by atoms with van der Waals surface area (Å²) in [5, 5.41) is 11.7. The average Bonchev–Trinajstić information content (AvgIpc) is 2.66. The van der Waals surface area contributed by atoms with Crippen LogP contribution in [0.4, 0.5) is 0 Å². The zero-order valence-corrected chi connectivity index (χ0v) is 14.1. The lowest BCUT2D eigenvalue weighted by Gasteiger charge is -2.29. The predicted molar refractivity (Wildman–Crippen MR) is 87.5 cm³/mol. The van der Waals surface area contributed by atoms with E-state index in [1.807, 2.05) is 13.0 Å². The summed E-state index contributed by atoms with van der Waals surface area (Å²) in [6.07, 6.45) is 7.04. The van der Waals surface area contributed by atoms with Gasteiger partial charge in [0, 0.05) is 12.1 Å². The van der Waals surface area contributed by atoms with Crippen molar-refractivity contribution in [3.05, 3.63) is 12.2 Å². The molecule has 0 aliphatic heterocycles. The minimum atomic E-state index is -1.000. The Bertz CT molecular complexity index is 430. The maximum absolute atomic E-state index is 10.9. The third-order valence-corrected chi connectivity index (χ3v) is 4.75. The number of carbonyl (C=O) groups excluding carboxylic acids is 1. The Labute approximate surface area is 133 Å². The number of allylic oxidation sites excluding steroid dienone is 1. The van der Waals surface area contributed by atoms with Crippen LogP contribution in [-0.4, -0.2) is 35.5 Å². The molecule has 0 spiro atoms. The Morgan fingerprint density at radius 2 is 2.18 bits per heavy atom. The predicted octanol–water partition coefficient (Wildman–Crippen LogP) is 1.96. The molecule has 1 rings (SSSR count). The van der Waals surface area contributed by atoms with Crippen LogP contribution in [0, 0.1) is 17.3 Å². The van der Waals surface area contributed by atoms with Crippen LogP contribution in [0.2, 0.25) is 0 Å². The van der Waals surface area contributed by atoms with Crippen molar-refractivity contribution in [2.75, 3.05) is 6.54 Å². The minimum absolute atomic E-state index is 0.226. The molecular weight excluding hydrogens is 280 g/mol. The number of aldehydes is 1. The topological polar surface area (TPSA) is 92.4 Å². The van der Waals surface area contributed by atoms with Gasteiger partial charge in [-0.3, -0.25) is 4.79 Å². The summed E-state index contributed by atoms with van der Waals surface area (Å²) >= 11 is 0. The van der Waals surface area contributed by atoms with E-state index in [0.717, 1.165) is 0 Å². The van der Waals surface area contributed by atoms with E-state index in [2.05, 4.69) is 32.2 Å². The Morgan fingerprint density at radius 3 is 2.64 bits per heavy atom. The van der Waals surface area contributed by atoms with Crippen molar-refractivity contribution in [3.8, 4) is 0 Å². The summed E-state index contributed by atoms with van der Waals surface area (Å²) in [6.45, 7) is 9.08. The van der Waals surface area contributed by atoms with Crippen LogP contribution < -0.4 is 11.1 Å². The first-order chi connectivity index (χ1) is 10.1. The van der Waals surface area contributed by atoms with Crippen molar-refractivity contribution in [3.63, 3.8) is 0 Å². The van der Waals surface area contributed by atoms with Crippen molar-refractivity contribution in [2.45, 2.75) is 58.5 Å². The van der Waals surface area contributed by atoms with E-state index in [1.165, 1.54) is 12.8 Å². The van der Waals surface area contributed by atoms with Crippen molar-refractivity contribution < 1.29 is 14.7 Å². The Morgan fingerprint density at radius 1 is 1.55 bits per heavy atom. The lowest BCUT2D eigenvalue weighted by atomic mass is 9.78. The number of aliphatic carboxylic acids is 1. The number of hydrogen-bond donors (Lipinski definition) is 3. The molecule has 0 aromatic rings. The van der Waals surface area contributed by atoms with Gasteiger partial charge in [-0.25, -0.2) is 0 Å². The zero-order valence-electron chi connectivity index (χ0n) is 14.1. The van der Waals surface area contributed by atoms with Crippen LogP contribution in [0.25, 0.3) is 0 Å². The van der Waals surface area contributed by atoms with Crippen LogP contribution in [0.3, 0.4) is 0 Å². The van der Waals surface area contributed by atoms with E-state index in [-0.39, 0.29) is 11.8 Å². The van der Waals surface area contributed by atoms with E-state index in [0.29, 0.717) is 24.7 Å². The molecule has 0 saturated heterocycles. The fourth-order valence-corrected chi connectivity index (χ4v) is 3.26. The molecule has 0 aromatic heterocycles. The Kier molecular flexibility index (Phi) is 6.32. The van der Waals surface area contributed by atoms with E-state index in [4.69, 9.17) is 10.8 Å². The van der Waals surface area contributed by atoms with E-state index in [1.54, 1.807) is 0 Å². The highest BCUT2D eigenvalue weighted by Crippen LogP contribution is 2.47. The van der Waals surface area contributed by atoms with Crippen molar-refractivity contribution >= 4 is 12.3 Å². The molecule has 1 saturated carbocycles. The van der Waals surface area contributed by atoms with Gasteiger partial charge in [0.2, 0.25) is 0 Å². The molecule has 22 heavy (non-hydrogen) atoms. The largest absolute Gasteiger partial charge is 0.481 e. The first-order valence-electron chi connectivity index (χ1n) is 7.96. The second-order valence-corrected chi connectivity index (χ2v) is 7.62. The van der Waals surface area contributed by atoms with Crippen molar-refractivity contribution in [1.82, 2.24) is 5.32 Å². The molecule has 1 fully saturated rings. The normalized spacial score (nSPS) is 28.4. The molecule has 126 valence electrons. The number of carboxylic acids is 1. The van der Waals surface area contributed by atoms with E-state index >= 15 is 0 Å². The van der Waals surface area contributed by atoms with Gasteiger partial charge in [-0.1, -0.05) is 32.9 Å². The second kappa shape index (κ2) is 7.38. The second-order valence-electron chi connectivity index (χ2n) is 7.62. The van der Waals surface area contributed by atoms with Crippen LogP contribution >= 0.6 is 0 Å². The summed E-state index contributed by atoms with van der Waals surface area (Å²) in [5.74, 6) is 0.140. The highest BCUT2D eigenvalue weighted by atomic mass is 16.4. The molecule has 0 aromatic carbocycles. The summed E-state index contributed by atoms with van der Waals surface area (Å²) < 4.78 is 0. The quantitative estimate of drug-likeness (QED) is 0.471. The van der Waals surface area contributed by atoms with Gasteiger partial charge in [-0.2, -0.15) is 0 Å². The van der Waals surface area contributed by atoms with Crippen molar-refractivity contribution in [1.29, 1.82) is 0 Å². The lowest BCUT2D eigenvalue weighted by Crippen LogP contribution is -2.48. The molecule has 4 atom stereocenters. The first kappa shape index (κ1) is 18.8. The van der Waals surface area contributed by atoms with Gasteiger partial charge in [-0.05, 0) is 37.0 Å². The lowest BCUT2D eigenvalue weighted by molar-refractivity contribution is -0.138. The molecule has 0 heterocycles. The fraction of sp³-hybridized carbons (Fsp3) is 0.765. The summed E-state index contributed by atoms with van der Waals surface area (Å²) in [6, 6.07) is -0.698. The highest BCUT2D eigenvalue weighted by Gasteiger charge is 2.38. The monoisotopic (exact) mass is 310 g/mol.